The fourth-order valence-corrected chi connectivity index (χ4v) is 2.55. The Labute approximate surface area is 160 Å². The highest BCUT2D eigenvalue weighted by molar-refractivity contribution is 5.82. The van der Waals surface area contributed by atoms with Crippen LogP contribution in [0.5, 0.6) is 5.75 Å². The first-order valence-electron chi connectivity index (χ1n) is 8.70. The summed E-state index contributed by atoms with van der Waals surface area (Å²) in [7, 11) is 0. The van der Waals surface area contributed by atoms with Gasteiger partial charge >= 0.3 is 6.09 Å². The Bertz CT molecular complexity index is 996. The number of H-pyrrole nitrogens is 1. The predicted octanol–water partition coefficient (Wildman–Crippen LogP) is 4.44. The molecule has 1 amide bonds. The molecule has 8 heteroatoms. The van der Waals surface area contributed by atoms with Crippen molar-refractivity contribution in [2.75, 3.05) is 0 Å². The number of pyridine rings is 1. The molecule has 2 N–H and O–H groups in total. The van der Waals surface area contributed by atoms with Crippen LogP contribution in [0.1, 0.15) is 32.2 Å². The lowest BCUT2D eigenvalue weighted by molar-refractivity contribution is 0.130. The smallest absolute Gasteiger partial charge is 0.407 e. The zero-order valence-electron chi connectivity index (χ0n) is 15.8. The summed E-state index contributed by atoms with van der Waals surface area (Å²) in [4.78, 5) is 18.5. The van der Waals surface area contributed by atoms with Gasteiger partial charge in [-0.2, -0.15) is 4.39 Å². The number of hydrogen-bond acceptors (Lipinski definition) is 4. The number of rotatable bonds is 5. The molecule has 2 aromatic heterocycles. The second kappa shape index (κ2) is 7.84. The van der Waals surface area contributed by atoms with Gasteiger partial charge in [-0.1, -0.05) is 6.07 Å². The van der Waals surface area contributed by atoms with Crippen molar-refractivity contribution in [3.63, 3.8) is 0 Å². The number of carbonyl (C=O) groups excluding carboxylic acids is 1. The van der Waals surface area contributed by atoms with Crippen LogP contribution in [0.4, 0.5) is 13.6 Å². The Kier molecular flexibility index (Phi) is 5.48. The van der Waals surface area contributed by atoms with E-state index in [1.807, 2.05) is 20.8 Å². The molecule has 0 saturated heterocycles. The van der Waals surface area contributed by atoms with Crippen LogP contribution in [0, 0.1) is 11.8 Å². The zero-order chi connectivity index (χ0) is 20.3. The highest BCUT2D eigenvalue weighted by atomic mass is 19.1. The highest BCUT2D eigenvalue weighted by Gasteiger charge is 2.15. The molecule has 3 rings (SSSR count). The number of nitrogens with one attached hydrogen (secondary N) is 2. The topological polar surface area (TPSA) is 76.2 Å². The third-order valence-electron chi connectivity index (χ3n) is 3.71. The molecule has 6 nitrogen and oxygen atoms in total. The molecule has 3 aromatic rings. The van der Waals surface area contributed by atoms with E-state index in [0.29, 0.717) is 22.3 Å². The van der Waals surface area contributed by atoms with E-state index >= 15 is 0 Å². The number of alkyl carbamates (subject to hydrolysis) is 1. The van der Waals surface area contributed by atoms with Crippen LogP contribution in [-0.2, 0) is 18.0 Å². The molecule has 0 unspecified atom stereocenters. The molecule has 0 spiro atoms. The quantitative estimate of drug-likeness (QED) is 0.633. The van der Waals surface area contributed by atoms with Crippen LogP contribution >= 0.6 is 0 Å². The van der Waals surface area contributed by atoms with E-state index in [4.69, 9.17) is 9.47 Å². The Morgan fingerprint density at radius 3 is 2.68 bits per heavy atom. The molecule has 1 aromatic carbocycles. The number of aromatic amines is 1. The maximum atomic E-state index is 14.3. The van der Waals surface area contributed by atoms with Crippen LogP contribution < -0.4 is 10.1 Å². The van der Waals surface area contributed by atoms with Gasteiger partial charge < -0.3 is 19.8 Å². The summed E-state index contributed by atoms with van der Waals surface area (Å²) >= 11 is 0. The summed E-state index contributed by atoms with van der Waals surface area (Å²) in [5.41, 5.74) is 1.19. The lowest BCUT2D eigenvalue weighted by Gasteiger charge is -2.19. The Balaban J connectivity index is 1.68. The molecule has 0 radical (unpaired) electrons. The number of nitrogens with zero attached hydrogens (tertiary/aromatic N) is 1. The maximum absolute atomic E-state index is 14.3. The van der Waals surface area contributed by atoms with Crippen molar-refractivity contribution in [2.45, 2.75) is 39.5 Å². The second-order valence-corrected chi connectivity index (χ2v) is 7.36. The van der Waals surface area contributed by atoms with Crippen LogP contribution in [0.15, 0.2) is 36.4 Å². The highest BCUT2D eigenvalue weighted by Crippen LogP contribution is 2.26. The molecule has 0 aliphatic carbocycles. The van der Waals surface area contributed by atoms with Crippen molar-refractivity contribution in [3.8, 4) is 5.75 Å². The van der Waals surface area contributed by atoms with Crippen molar-refractivity contribution in [1.29, 1.82) is 0 Å². The first-order valence-corrected chi connectivity index (χ1v) is 8.70. The third-order valence-corrected chi connectivity index (χ3v) is 3.71. The van der Waals surface area contributed by atoms with Gasteiger partial charge in [-0.15, -0.1) is 0 Å². The van der Waals surface area contributed by atoms with Crippen LogP contribution in [0.3, 0.4) is 0 Å². The number of aromatic nitrogens is 2. The fraction of sp³-hybridized carbons (Fsp3) is 0.300. The minimum atomic E-state index is -0.624. The molecule has 0 fully saturated rings. The SMILES string of the molecule is CC(C)(C)NC(=O)OCc1cc2cc(F)c(OCc3cccc(F)n3)cc2[nH]1. The first-order chi connectivity index (χ1) is 13.2. The molecule has 0 bridgehead atoms. The van der Waals surface area contributed by atoms with Gasteiger partial charge in [0, 0.05) is 22.5 Å². The Morgan fingerprint density at radius 2 is 1.96 bits per heavy atom. The standard InChI is InChI=1S/C20H21F2N3O3/c1-20(2,3)25-19(26)28-11-14-7-12-8-15(21)17(9-16(12)23-14)27-10-13-5-4-6-18(22)24-13/h4-9,23H,10-11H2,1-3H3,(H,25,26). The molecule has 2 heterocycles. The van der Waals surface area contributed by atoms with Gasteiger partial charge in [0.2, 0.25) is 5.95 Å². The van der Waals surface area contributed by atoms with Gasteiger partial charge in [0.05, 0.1) is 11.4 Å². The van der Waals surface area contributed by atoms with Gasteiger partial charge in [0.25, 0.3) is 0 Å². The molecule has 0 atom stereocenters. The molecule has 0 aliphatic heterocycles. The van der Waals surface area contributed by atoms with Crippen molar-refractivity contribution >= 4 is 17.0 Å². The Hall–Kier alpha value is -3.16. The number of ether oxygens (including phenoxy) is 2. The number of amides is 1. The van der Waals surface area contributed by atoms with Crippen molar-refractivity contribution in [2.24, 2.45) is 0 Å². The van der Waals surface area contributed by atoms with E-state index in [9.17, 15) is 13.6 Å². The van der Waals surface area contributed by atoms with Gasteiger partial charge in [0.15, 0.2) is 11.6 Å². The second-order valence-electron chi connectivity index (χ2n) is 7.36. The minimum Gasteiger partial charge on any atom is -0.484 e. The van der Waals surface area contributed by atoms with E-state index < -0.39 is 23.4 Å². The van der Waals surface area contributed by atoms with Gasteiger partial charge in [-0.05, 0) is 45.0 Å². The van der Waals surface area contributed by atoms with E-state index in [1.165, 1.54) is 24.3 Å². The number of fused-ring (bicyclic) bond motifs is 1. The first kappa shape index (κ1) is 19.6. The number of hydrogen-bond donors (Lipinski definition) is 2. The van der Waals surface area contributed by atoms with E-state index in [2.05, 4.69) is 15.3 Å². The summed E-state index contributed by atoms with van der Waals surface area (Å²) in [5.74, 6) is -1.17. The zero-order valence-corrected chi connectivity index (χ0v) is 15.8. The maximum Gasteiger partial charge on any atom is 0.407 e. The van der Waals surface area contributed by atoms with E-state index in [-0.39, 0.29) is 19.0 Å². The predicted molar refractivity (Wildman–Crippen MR) is 99.9 cm³/mol. The van der Waals surface area contributed by atoms with Crippen LogP contribution in [0.2, 0.25) is 0 Å². The molecule has 0 saturated carbocycles. The van der Waals surface area contributed by atoms with E-state index in [0.717, 1.165) is 0 Å². The van der Waals surface area contributed by atoms with Crippen molar-refractivity contribution in [3.05, 3.63) is 59.6 Å². The molecular formula is C20H21F2N3O3. The van der Waals surface area contributed by atoms with Crippen molar-refractivity contribution in [1.82, 2.24) is 15.3 Å². The molecule has 0 aliphatic rings. The summed E-state index contributed by atoms with van der Waals surface area (Å²) in [6.07, 6.45) is -0.538. The monoisotopic (exact) mass is 389 g/mol. The normalized spacial score (nSPS) is 11.5. The fourth-order valence-electron chi connectivity index (χ4n) is 2.55. The van der Waals surface area contributed by atoms with Gasteiger partial charge in [-0.25, -0.2) is 14.2 Å². The molecule has 148 valence electrons. The molecule has 28 heavy (non-hydrogen) atoms. The summed E-state index contributed by atoms with van der Waals surface area (Å²) < 4.78 is 38.0. The van der Waals surface area contributed by atoms with E-state index in [1.54, 1.807) is 12.1 Å². The van der Waals surface area contributed by atoms with Crippen molar-refractivity contribution < 1.29 is 23.0 Å². The largest absolute Gasteiger partial charge is 0.484 e. The van der Waals surface area contributed by atoms with Crippen LogP contribution in [-0.4, -0.2) is 21.6 Å². The lowest BCUT2D eigenvalue weighted by atomic mass is 10.1. The third kappa shape index (κ3) is 5.18. The lowest BCUT2D eigenvalue weighted by Crippen LogP contribution is -2.40. The summed E-state index contributed by atoms with van der Waals surface area (Å²) in [6.45, 7) is 5.49. The van der Waals surface area contributed by atoms with Crippen LogP contribution in [0.25, 0.3) is 10.9 Å². The Morgan fingerprint density at radius 1 is 1.18 bits per heavy atom. The average molecular weight is 389 g/mol. The average Bonchev–Trinajstić information content (AvgIpc) is 2.98. The number of halogens is 2. The number of carbonyl (C=O) groups is 1. The summed E-state index contributed by atoms with van der Waals surface area (Å²) in [5, 5.41) is 3.30. The van der Waals surface area contributed by atoms with Gasteiger partial charge in [-0.3, -0.25) is 0 Å². The minimum absolute atomic E-state index is 0.0124. The van der Waals surface area contributed by atoms with Gasteiger partial charge in [0.1, 0.15) is 13.2 Å². The molecular weight excluding hydrogens is 368 g/mol. The number of benzene rings is 1. The summed E-state index contributed by atoms with van der Waals surface area (Å²) in [6, 6.07) is 8.84.